The van der Waals surface area contributed by atoms with Crippen molar-refractivity contribution >= 4 is 5.91 Å². The molecule has 0 aliphatic carbocycles. The molecule has 4 nitrogen and oxygen atoms in total. The number of ether oxygens (including phenoxy) is 1. The summed E-state index contributed by atoms with van der Waals surface area (Å²) in [4.78, 5) is 13.8. The predicted molar refractivity (Wildman–Crippen MR) is 66.5 cm³/mol. The molecule has 0 rings (SSSR count). The maximum absolute atomic E-state index is 11.9. The van der Waals surface area contributed by atoms with Gasteiger partial charge >= 0.3 is 0 Å². The summed E-state index contributed by atoms with van der Waals surface area (Å²) in [7, 11) is 1.65. The van der Waals surface area contributed by atoms with Gasteiger partial charge in [-0.3, -0.25) is 4.79 Å². The zero-order chi connectivity index (χ0) is 12.6. The summed E-state index contributed by atoms with van der Waals surface area (Å²) in [6.07, 6.45) is 1.03. The molecule has 16 heavy (non-hydrogen) atoms. The standard InChI is InChI=1S/C12H26N2O2/c1-6-11(4)13-9-12(15)14(10(2)3)7-8-16-5/h10-11,13H,6-9H2,1-5H3. The van der Waals surface area contributed by atoms with E-state index in [0.29, 0.717) is 25.7 Å². The van der Waals surface area contributed by atoms with Crippen LogP contribution >= 0.6 is 0 Å². The van der Waals surface area contributed by atoms with Crippen molar-refractivity contribution in [2.24, 2.45) is 0 Å². The number of rotatable bonds is 8. The van der Waals surface area contributed by atoms with Crippen LogP contribution in [0.4, 0.5) is 0 Å². The van der Waals surface area contributed by atoms with Gasteiger partial charge in [-0.2, -0.15) is 0 Å². The number of carbonyl (C=O) groups is 1. The van der Waals surface area contributed by atoms with Crippen molar-refractivity contribution in [3.63, 3.8) is 0 Å². The zero-order valence-electron chi connectivity index (χ0n) is 11.2. The number of nitrogens with zero attached hydrogens (tertiary/aromatic N) is 1. The van der Waals surface area contributed by atoms with Crippen LogP contribution in [-0.2, 0) is 9.53 Å². The van der Waals surface area contributed by atoms with Gasteiger partial charge in [-0.05, 0) is 27.2 Å². The maximum atomic E-state index is 11.9. The highest BCUT2D eigenvalue weighted by atomic mass is 16.5. The average Bonchev–Trinajstić information content (AvgIpc) is 2.25. The van der Waals surface area contributed by atoms with Crippen LogP contribution in [0.15, 0.2) is 0 Å². The molecule has 1 unspecified atom stereocenters. The van der Waals surface area contributed by atoms with Gasteiger partial charge in [-0.15, -0.1) is 0 Å². The van der Waals surface area contributed by atoms with Crippen LogP contribution in [-0.4, -0.2) is 49.7 Å². The van der Waals surface area contributed by atoms with E-state index in [-0.39, 0.29) is 11.9 Å². The number of nitrogens with one attached hydrogen (secondary N) is 1. The van der Waals surface area contributed by atoms with Gasteiger partial charge in [0.05, 0.1) is 13.2 Å². The van der Waals surface area contributed by atoms with Crippen LogP contribution in [0, 0.1) is 0 Å². The lowest BCUT2D eigenvalue weighted by molar-refractivity contribution is -0.132. The summed E-state index contributed by atoms with van der Waals surface area (Å²) < 4.78 is 5.01. The fourth-order valence-electron chi connectivity index (χ4n) is 1.37. The van der Waals surface area contributed by atoms with Gasteiger partial charge in [0.1, 0.15) is 0 Å². The monoisotopic (exact) mass is 230 g/mol. The van der Waals surface area contributed by atoms with Crippen LogP contribution in [0.3, 0.4) is 0 Å². The van der Waals surface area contributed by atoms with E-state index in [1.54, 1.807) is 7.11 Å². The van der Waals surface area contributed by atoms with Gasteiger partial charge < -0.3 is 15.0 Å². The molecule has 0 saturated carbocycles. The van der Waals surface area contributed by atoms with E-state index in [4.69, 9.17) is 4.74 Å². The first kappa shape index (κ1) is 15.4. The summed E-state index contributed by atoms with van der Waals surface area (Å²) in [6.45, 7) is 9.91. The molecule has 0 aromatic rings. The van der Waals surface area contributed by atoms with Gasteiger partial charge in [-0.25, -0.2) is 0 Å². The molecule has 0 bridgehead atoms. The third-order valence-electron chi connectivity index (χ3n) is 2.69. The van der Waals surface area contributed by atoms with Crippen molar-refractivity contribution < 1.29 is 9.53 Å². The van der Waals surface area contributed by atoms with Crippen LogP contribution in [0.1, 0.15) is 34.1 Å². The summed E-state index contributed by atoms with van der Waals surface area (Å²) >= 11 is 0. The second kappa shape index (κ2) is 8.53. The summed E-state index contributed by atoms with van der Waals surface area (Å²) in [5, 5.41) is 3.21. The Balaban J connectivity index is 4.06. The molecule has 0 aliphatic rings. The molecule has 0 fully saturated rings. The van der Waals surface area contributed by atoms with Crippen molar-refractivity contribution in [1.29, 1.82) is 0 Å². The molecule has 0 spiro atoms. The molecule has 0 radical (unpaired) electrons. The van der Waals surface area contributed by atoms with E-state index in [1.165, 1.54) is 0 Å². The quantitative estimate of drug-likeness (QED) is 0.682. The third kappa shape index (κ3) is 6.08. The molecule has 1 atom stereocenters. The molecule has 0 saturated heterocycles. The first-order valence-electron chi connectivity index (χ1n) is 6.04. The van der Waals surface area contributed by atoms with Crippen molar-refractivity contribution in [2.45, 2.75) is 46.2 Å². The highest BCUT2D eigenvalue weighted by molar-refractivity contribution is 5.78. The van der Waals surface area contributed by atoms with Crippen LogP contribution in [0.2, 0.25) is 0 Å². The third-order valence-corrected chi connectivity index (χ3v) is 2.69. The molecule has 1 N–H and O–H groups in total. The second-order valence-electron chi connectivity index (χ2n) is 4.36. The van der Waals surface area contributed by atoms with Gasteiger partial charge in [0.15, 0.2) is 0 Å². The number of hydrogen-bond donors (Lipinski definition) is 1. The second-order valence-corrected chi connectivity index (χ2v) is 4.36. The minimum Gasteiger partial charge on any atom is -0.383 e. The number of amides is 1. The molecule has 0 aromatic heterocycles. The Labute approximate surface area is 99.3 Å². The average molecular weight is 230 g/mol. The Morgan fingerprint density at radius 3 is 2.44 bits per heavy atom. The predicted octanol–water partition coefficient (Wildman–Crippen LogP) is 1.26. The number of carbonyl (C=O) groups excluding carboxylic acids is 1. The number of methoxy groups -OCH3 is 1. The van der Waals surface area contributed by atoms with E-state index in [0.717, 1.165) is 6.42 Å². The summed E-state index contributed by atoms with van der Waals surface area (Å²) in [5.74, 6) is 0.146. The van der Waals surface area contributed by atoms with E-state index < -0.39 is 0 Å². The van der Waals surface area contributed by atoms with E-state index in [2.05, 4.69) is 19.2 Å². The fraction of sp³-hybridized carbons (Fsp3) is 0.917. The molecule has 4 heteroatoms. The Morgan fingerprint density at radius 2 is 2.00 bits per heavy atom. The van der Waals surface area contributed by atoms with Gasteiger partial charge in [0.25, 0.3) is 0 Å². The molecule has 96 valence electrons. The summed E-state index contributed by atoms with van der Waals surface area (Å²) in [5.41, 5.74) is 0. The van der Waals surface area contributed by atoms with Gasteiger partial charge in [0, 0.05) is 25.7 Å². The Bertz CT molecular complexity index is 195. The van der Waals surface area contributed by atoms with Crippen molar-refractivity contribution in [3.8, 4) is 0 Å². The first-order valence-corrected chi connectivity index (χ1v) is 6.04. The van der Waals surface area contributed by atoms with Crippen LogP contribution < -0.4 is 5.32 Å². The molecular formula is C12H26N2O2. The Morgan fingerprint density at radius 1 is 1.38 bits per heavy atom. The highest BCUT2D eigenvalue weighted by Crippen LogP contribution is 1.99. The molecule has 0 aliphatic heterocycles. The Hall–Kier alpha value is -0.610. The number of hydrogen-bond acceptors (Lipinski definition) is 3. The minimum absolute atomic E-state index is 0.146. The molecule has 1 amide bonds. The smallest absolute Gasteiger partial charge is 0.236 e. The van der Waals surface area contributed by atoms with Gasteiger partial charge in [-0.1, -0.05) is 6.92 Å². The van der Waals surface area contributed by atoms with E-state index in [1.807, 2.05) is 18.7 Å². The summed E-state index contributed by atoms with van der Waals surface area (Å²) in [6, 6.07) is 0.613. The lowest BCUT2D eigenvalue weighted by atomic mass is 10.2. The SMILES string of the molecule is CCC(C)NCC(=O)N(CCOC)C(C)C. The van der Waals surface area contributed by atoms with Gasteiger partial charge in [0.2, 0.25) is 5.91 Å². The van der Waals surface area contributed by atoms with E-state index >= 15 is 0 Å². The molecular weight excluding hydrogens is 204 g/mol. The Kier molecular flexibility index (Phi) is 8.21. The van der Waals surface area contributed by atoms with Crippen molar-refractivity contribution in [1.82, 2.24) is 10.2 Å². The zero-order valence-corrected chi connectivity index (χ0v) is 11.2. The normalized spacial score (nSPS) is 12.9. The maximum Gasteiger partial charge on any atom is 0.236 e. The van der Waals surface area contributed by atoms with Crippen LogP contribution in [0.5, 0.6) is 0 Å². The largest absolute Gasteiger partial charge is 0.383 e. The lowest BCUT2D eigenvalue weighted by Gasteiger charge is -2.27. The highest BCUT2D eigenvalue weighted by Gasteiger charge is 2.16. The molecule has 0 heterocycles. The lowest BCUT2D eigenvalue weighted by Crippen LogP contribution is -2.45. The van der Waals surface area contributed by atoms with E-state index in [9.17, 15) is 4.79 Å². The first-order chi connectivity index (χ1) is 7.52. The minimum atomic E-state index is 0.146. The topological polar surface area (TPSA) is 41.6 Å². The van der Waals surface area contributed by atoms with Crippen molar-refractivity contribution in [2.75, 3.05) is 26.8 Å². The fourth-order valence-corrected chi connectivity index (χ4v) is 1.37. The molecule has 0 aromatic carbocycles. The van der Waals surface area contributed by atoms with Crippen molar-refractivity contribution in [3.05, 3.63) is 0 Å². The van der Waals surface area contributed by atoms with Crippen LogP contribution in [0.25, 0.3) is 0 Å².